The van der Waals surface area contributed by atoms with Crippen molar-refractivity contribution in [2.75, 3.05) is 0 Å². The van der Waals surface area contributed by atoms with Crippen LogP contribution in [-0.4, -0.2) is 14.8 Å². The molecule has 1 heterocycles. The lowest BCUT2D eigenvalue weighted by Crippen LogP contribution is -2.09. The van der Waals surface area contributed by atoms with E-state index in [1.165, 1.54) is 0 Å². The van der Waals surface area contributed by atoms with E-state index in [1.54, 1.807) is 0 Å². The molecule has 0 fully saturated rings. The summed E-state index contributed by atoms with van der Waals surface area (Å²) < 4.78 is 1.82. The monoisotopic (exact) mass is 169 g/mol. The Bertz CT molecular complexity index is 277. The molecule has 0 aliphatic carbocycles. The molecule has 0 bridgehead atoms. The third kappa shape index (κ3) is 1.57. The quantitative estimate of drug-likeness (QED) is 0.667. The van der Waals surface area contributed by atoms with Crippen LogP contribution < -0.4 is 5.73 Å². The Hall–Kier alpha value is -0.900. The molecule has 0 aliphatic rings. The number of thiocarbonyl (C=S) groups is 1. The van der Waals surface area contributed by atoms with Gasteiger partial charge in [-0.15, -0.1) is 0 Å². The summed E-state index contributed by atoms with van der Waals surface area (Å²) in [5, 5.41) is 4.20. The van der Waals surface area contributed by atoms with Gasteiger partial charge in [-0.2, -0.15) is 5.10 Å². The number of aryl methyl sites for hydroxylation is 2. The van der Waals surface area contributed by atoms with E-state index in [-0.39, 0.29) is 0 Å². The van der Waals surface area contributed by atoms with Crippen LogP contribution in [0.1, 0.15) is 18.2 Å². The first-order chi connectivity index (χ1) is 5.15. The predicted octanol–water partition coefficient (Wildman–Crippen LogP) is 0.846. The molecule has 0 aliphatic heterocycles. The molecule has 11 heavy (non-hydrogen) atoms. The average Bonchev–Trinajstić information content (AvgIpc) is 2.30. The van der Waals surface area contributed by atoms with Crippen LogP contribution in [0.2, 0.25) is 0 Å². The van der Waals surface area contributed by atoms with Crippen LogP contribution in [0.3, 0.4) is 0 Å². The van der Waals surface area contributed by atoms with Crippen molar-refractivity contribution in [3.05, 3.63) is 17.5 Å². The van der Waals surface area contributed by atoms with Gasteiger partial charge in [0, 0.05) is 18.3 Å². The number of aromatic nitrogens is 2. The van der Waals surface area contributed by atoms with E-state index in [0.717, 1.165) is 17.8 Å². The van der Waals surface area contributed by atoms with Crippen molar-refractivity contribution in [2.24, 2.45) is 5.73 Å². The van der Waals surface area contributed by atoms with Crippen molar-refractivity contribution < 1.29 is 0 Å². The normalized spacial score (nSPS) is 10.0. The van der Waals surface area contributed by atoms with Gasteiger partial charge in [0.1, 0.15) is 4.99 Å². The van der Waals surface area contributed by atoms with E-state index in [2.05, 4.69) is 5.10 Å². The Labute approximate surface area is 71.2 Å². The van der Waals surface area contributed by atoms with Gasteiger partial charge in [0.05, 0.1) is 5.69 Å². The number of hydrogen-bond donors (Lipinski definition) is 1. The van der Waals surface area contributed by atoms with E-state index < -0.39 is 0 Å². The number of nitrogens with two attached hydrogens (primary N) is 1. The van der Waals surface area contributed by atoms with Gasteiger partial charge in [-0.1, -0.05) is 12.2 Å². The van der Waals surface area contributed by atoms with E-state index in [0.29, 0.717) is 4.99 Å². The molecule has 0 amide bonds. The highest BCUT2D eigenvalue weighted by Gasteiger charge is 2.04. The third-order valence-corrected chi connectivity index (χ3v) is 1.76. The molecule has 1 aromatic heterocycles. The third-order valence-electron chi connectivity index (χ3n) is 1.54. The maximum Gasteiger partial charge on any atom is 0.107 e. The zero-order valence-electron chi connectivity index (χ0n) is 6.66. The molecule has 1 aromatic rings. The minimum Gasteiger partial charge on any atom is -0.389 e. The highest BCUT2D eigenvalue weighted by Crippen LogP contribution is 2.04. The molecule has 0 atom stereocenters. The topological polar surface area (TPSA) is 43.8 Å². The number of rotatable bonds is 2. The van der Waals surface area contributed by atoms with Crippen molar-refractivity contribution >= 4 is 17.2 Å². The van der Waals surface area contributed by atoms with Crippen molar-refractivity contribution in [1.29, 1.82) is 0 Å². The summed E-state index contributed by atoms with van der Waals surface area (Å²) in [5.74, 6) is 0. The van der Waals surface area contributed by atoms with E-state index in [4.69, 9.17) is 18.0 Å². The van der Waals surface area contributed by atoms with Crippen LogP contribution >= 0.6 is 12.2 Å². The van der Waals surface area contributed by atoms with Gasteiger partial charge in [-0.3, -0.25) is 4.68 Å². The Morgan fingerprint density at radius 2 is 2.45 bits per heavy atom. The van der Waals surface area contributed by atoms with Gasteiger partial charge in [0.2, 0.25) is 0 Å². The minimum absolute atomic E-state index is 0.419. The Kier molecular flexibility index (Phi) is 2.24. The Balaban J connectivity index is 3.07. The van der Waals surface area contributed by atoms with Crippen LogP contribution in [0.5, 0.6) is 0 Å². The summed E-state index contributed by atoms with van der Waals surface area (Å²) in [5.41, 5.74) is 7.24. The molecule has 4 heteroatoms. The van der Waals surface area contributed by atoms with Crippen LogP contribution in [0.25, 0.3) is 0 Å². The van der Waals surface area contributed by atoms with E-state index in [1.807, 2.05) is 24.7 Å². The fourth-order valence-electron chi connectivity index (χ4n) is 0.922. The summed E-state index contributed by atoms with van der Waals surface area (Å²) in [6.45, 7) is 4.78. The predicted molar refractivity (Wildman–Crippen MR) is 48.5 cm³/mol. The summed E-state index contributed by atoms with van der Waals surface area (Å²) >= 11 is 4.84. The number of hydrogen-bond acceptors (Lipinski definition) is 2. The summed E-state index contributed by atoms with van der Waals surface area (Å²) in [6, 6.07) is 0. The molecule has 0 saturated heterocycles. The van der Waals surface area contributed by atoms with Crippen LogP contribution in [0.4, 0.5) is 0 Å². The second-order valence-electron chi connectivity index (χ2n) is 2.35. The maximum absolute atomic E-state index is 5.46. The zero-order valence-corrected chi connectivity index (χ0v) is 7.48. The first-order valence-corrected chi connectivity index (χ1v) is 3.89. The van der Waals surface area contributed by atoms with Crippen molar-refractivity contribution in [3.63, 3.8) is 0 Å². The first kappa shape index (κ1) is 8.20. The summed E-state index contributed by atoms with van der Waals surface area (Å²) in [6.07, 6.45) is 1.87. The second kappa shape index (κ2) is 3.00. The fraction of sp³-hybridized carbons (Fsp3) is 0.429. The molecule has 60 valence electrons. The Morgan fingerprint density at radius 1 is 1.82 bits per heavy atom. The highest BCUT2D eigenvalue weighted by molar-refractivity contribution is 7.80. The maximum atomic E-state index is 5.46. The standard InChI is InChI=1S/C7H11N3S/c1-3-10-4-6(7(8)11)5(2)9-10/h4H,3H2,1-2H3,(H2,8,11). The minimum atomic E-state index is 0.419. The molecule has 0 aromatic carbocycles. The molecule has 0 spiro atoms. The first-order valence-electron chi connectivity index (χ1n) is 3.49. The molecule has 1 rings (SSSR count). The largest absolute Gasteiger partial charge is 0.389 e. The molecule has 2 N–H and O–H groups in total. The van der Waals surface area contributed by atoms with E-state index in [9.17, 15) is 0 Å². The fourth-order valence-corrected chi connectivity index (χ4v) is 1.12. The van der Waals surface area contributed by atoms with Crippen LogP contribution in [0.15, 0.2) is 6.20 Å². The van der Waals surface area contributed by atoms with Crippen LogP contribution in [0, 0.1) is 6.92 Å². The van der Waals surface area contributed by atoms with Crippen molar-refractivity contribution in [1.82, 2.24) is 9.78 Å². The average molecular weight is 169 g/mol. The summed E-state index contributed by atoms with van der Waals surface area (Å²) in [7, 11) is 0. The smallest absolute Gasteiger partial charge is 0.107 e. The van der Waals surface area contributed by atoms with Gasteiger partial charge in [0.15, 0.2) is 0 Å². The van der Waals surface area contributed by atoms with E-state index >= 15 is 0 Å². The molecule has 0 radical (unpaired) electrons. The van der Waals surface area contributed by atoms with Gasteiger partial charge in [-0.25, -0.2) is 0 Å². The second-order valence-corrected chi connectivity index (χ2v) is 2.79. The van der Waals surface area contributed by atoms with Gasteiger partial charge >= 0.3 is 0 Å². The lowest BCUT2D eigenvalue weighted by atomic mass is 10.3. The van der Waals surface area contributed by atoms with Crippen LogP contribution in [-0.2, 0) is 6.54 Å². The molecule has 0 saturated carbocycles. The van der Waals surface area contributed by atoms with Gasteiger partial charge in [-0.05, 0) is 13.8 Å². The summed E-state index contributed by atoms with van der Waals surface area (Å²) in [4.78, 5) is 0.419. The molecular weight excluding hydrogens is 158 g/mol. The van der Waals surface area contributed by atoms with Gasteiger partial charge in [0.25, 0.3) is 0 Å². The lowest BCUT2D eigenvalue weighted by molar-refractivity contribution is 0.653. The molecule has 3 nitrogen and oxygen atoms in total. The molecular formula is C7H11N3S. The molecule has 0 unspecified atom stereocenters. The SMILES string of the molecule is CCn1cc(C(N)=S)c(C)n1. The Morgan fingerprint density at radius 3 is 2.73 bits per heavy atom. The zero-order chi connectivity index (χ0) is 8.43. The van der Waals surface area contributed by atoms with Crippen molar-refractivity contribution in [2.45, 2.75) is 20.4 Å². The number of nitrogens with zero attached hydrogens (tertiary/aromatic N) is 2. The van der Waals surface area contributed by atoms with Crippen molar-refractivity contribution in [3.8, 4) is 0 Å². The van der Waals surface area contributed by atoms with Gasteiger partial charge < -0.3 is 5.73 Å². The lowest BCUT2D eigenvalue weighted by Gasteiger charge is -1.90. The highest BCUT2D eigenvalue weighted by atomic mass is 32.1.